The molecule has 0 unspecified atom stereocenters. The second-order valence-electron chi connectivity index (χ2n) is 3.81. The van der Waals surface area contributed by atoms with Crippen molar-refractivity contribution in [3.05, 3.63) is 34.9 Å². The number of hydrogen-bond acceptors (Lipinski definition) is 2. The van der Waals surface area contributed by atoms with Gasteiger partial charge in [-0.3, -0.25) is 4.98 Å². The number of halogens is 1. The van der Waals surface area contributed by atoms with Crippen LogP contribution in [0.2, 0.25) is 0 Å². The second kappa shape index (κ2) is 3.56. The fraction of sp³-hybridized carbons (Fsp3) is 0. The number of aromatic amines is 2. The van der Waals surface area contributed by atoms with Crippen molar-refractivity contribution < 1.29 is 10.2 Å². The average molecular weight is 293 g/mol. The summed E-state index contributed by atoms with van der Waals surface area (Å²) >= 11 is 3.41. The van der Waals surface area contributed by atoms with Gasteiger partial charge in [0.1, 0.15) is 0 Å². The maximum absolute atomic E-state index is 9.69. The molecule has 0 amide bonds. The Kier molecular flexibility index (Phi) is 2.16. The summed E-state index contributed by atoms with van der Waals surface area (Å²) in [7, 11) is 0. The third-order valence-corrected chi connectivity index (χ3v) is 3.21. The molecule has 0 spiro atoms. The quantitative estimate of drug-likeness (QED) is 0.555. The van der Waals surface area contributed by atoms with Gasteiger partial charge in [0.2, 0.25) is 0 Å². The lowest BCUT2D eigenvalue weighted by Gasteiger charge is -1.97. The van der Waals surface area contributed by atoms with Crippen LogP contribution < -0.4 is 0 Å². The Morgan fingerprint density at radius 2 is 1.88 bits per heavy atom. The minimum Gasteiger partial charge on any atom is -0.494 e. The van der Waals surface area contributed by atoms with Crippen molar-refractivity contribution in [1.82, 2.24) is 9.97 Å². The first-order valence-corrected chi connectivity index (χ1v) is 5.82. The largest absolute Gasteiger partial charge is 0.494 e. The molecule has 3 rings (SSSR count). The first-order chi connectivity index (χ1) is 8.15. The predicted octanol–water partition coefficient (Wildman–Crippen LogP) is 3.34. The molecule has 0 atom stereocenters. The molecule has 3 aromatic rings. The van der Waals surface area contributed by atoms with Crippen LogP contribution in [0.5, 0.6) is 11.8 Å². The molecule has 17 heavy (non-hydrogen) atoms. The van der Waals surface area contributed by atoms with E-state index in [4.69, 9.17) is 0 Å². The van der Waals surface area contributed by atoms with E-state index < -0.39 is 0 Å². The van der Waals surface area contributed by atoms with Crippen molar-refractivity contribution in [2.24, 2.45) is 0 Å². The maximum Gasteiger partial charge on any atom is 0.199 e. The van der Waals surface area contributed by atoms with Gasteiger partial charge in [0, 0.05) is 38.8 Å². The zero-order valence-electron chi connectivity index (χ0n) is 8.66. The molecular weight excluding hydrogens is 284 g/mol. The summed E-state index contributed by atoms with van der Waals surface area (Å²) in [5.74, 6) is -0.0924. The molecule has 86 valence electrons. The molecule has 0 aliphatic carbocycles. The maximum atomic E-state index is 9.69. The molecule has 0 fully saturated rings. The summed E-state index contributed by atoms with van der Waals surface area (Å²) in [6, 6.07) is 7.35. The normalized spacial score (nSPS) is 11.1. The van der Waals surface area contributed by atoms with Crippen LogP contribution in [-0.2, 0) is 0 Å². The van der Waals surface area contributed by atoms with Crippen molar-refractivity contribution in [3.63, 3.8) is 0 Å². The van der Waals surface area contributed by atoms with Gasteiger partial charge >= 0.3 is 0 Å². The highest BCUT2D eigenvalue weighted by Gasteiger charge is 2.13. The number of nitrogens with one attached hydrogen (secondary N) is 2. The van der Waals surface area contributed by atoms with Crippen LogP contribution in [0.3, 0.4) is 0 Å². The molecule has 0 saturated heterocycles. The van der Waals surface area contributed by atoms with Crippen LogP contribution in [0, 0.1) is 0 Å². The van der Waals surface area contributed by atoms with Gasteiger partial charge in [0.25, 0.3) is 0 Å². The summed E-state index contributed by atoms with van der Waals surface area (Å²) in [5, 5.41) is 20.0. The second-order valence-corrected chi connectivity index (χ2v) is 4.72. The summed E-state index contributed by atoms with van der Waals surface area (Å²) in [6.45, 7) is 0. The lowest BCUT2D eigenvalue weighted by molar-refractivity contribution is 0.426. The lowest BCUT2D eigenvalue weighted by Crippen LogP contribution is -1.73. The molecule has 0 saturated carbocycles. The number of fused-ring (bicyclic) bond motifs is 1. The van der Waals surface area contributed by atoms with Gasteiger partial charge in [0.05, 0.1) is 0 Å². The monoisotopic (exact) mass is 292 g/mol. The molecule has 4 N–H and O–H groups in total. The zero-order chi connectivity index (χ0) is 12.0. The molecule has 0 radical (unpaired) electrons. The fourth-order valence-corrected chi connectivity index (χ4v) is 2.31. The van der Waals surface area contributed by atoms with Gasteiger partial charge in [-0.15, -0.1) is 0 Å². The van der Waals surface area contributed by atoms with Crippen molar-refractivity contribution >= 4 is 26.8 Å². The van der Waals surface area contributed by atoms with Crippen LogP contribution >= 0.6 is 15.9 Å². The SMILES string of the molecule is Oc1cc(-c2c[nH]c3ccc(Br)cc23)c(O)[nH]1. The number of hydrogen-bond donors (Lipinski definition) is 4. The number of H-pyrrole nitrogens is 2. The van der Waals surface area contributed by atoms with Crippen molar-refractivity contribution in [1.29, 1.82) is 0 Å². The average Bonchev–Trinajstić information content (AvgIpc) is 2.81. The number of aromatic hydroxyl groups is 2. The van der Waals surface area contributed by atoms with E-state index in [-0.39, 0.29) is 11.8 Å². The van der Waals surface area contributed by atoms with E-state index in [1.54, 1.807) is 6.20 Å². The molecule has 0 bridgehead atoms. The Bertz CT molecular complexity index is 700. The first-order valence-electron chi connectivity index (χ1n) is 5.03. The van der Waals surface area contributed by atoms with Gasteiger partial charge in [-0.1, -0.05) is 15.9 Å². The lowest BCUT2D eigenvalue weighted by atomic mass is 10.1. The van der Waals surface area contributed by atoms with E-state index in [9.17, 15) is 10.2 Å². The van der Waals surface area contributed by atoms with E-state index in [1.807, 2.05) is 18.2 Å². The Balaban J connectivity index is 2.30. The molecule has 5 heteroatoms. The Labute approximate surface area is 105 Å². The molecule has 1 aromatic carbocycles. The smallest absolute Gasteiger partial charge is 0.199 e. The summed E-state index contributed by atoms with van der Waals surface area (Å²) < 4.78 is 0.963. The van der Waals surface area contributed by atoms with E-state index in [0.29, 0.717) is 5.56 Å². The van der Waals surface area contributed by atoms with Crippen LogP contribution in [0.25, 0.3) is 22.0 Å². The molecule has 2 aromatic heterocycles. The van der Waals surface area contributed by atoms with Crippen LogP contribution in [-0.4, -0.2) is 20.2 Å². The summed E-state index contributed by atoms with van der Waals surface area (Å²) in [5.41, 5.74) is 2.39. The highest BCUT2D eigenvalue weighted by atomic mass is 79.9. The van der Waals surface area contributed by atoms with Gasteiger partial charge in [-0.2, -0.15) is 0 Å². The Morgan fingerprint density at radius 1 is 1.06 bits per heavy atom. The topological polar surface area (TPSA) is 72.0 Å². The van der Waals surface area contributed by atoms with Crippen LogP contribution in [0.1, 0.15) is 0 Å². The summed E-state index contributed by atoms with van der Waals surface area (Å²) in [4.78, 5) is 5.58. The number of benzene rings is 1. The van der Waals surface area contributed by atoms with E-state index in [2.05, 4.69) is 25.9 Å². The zero-order valence-corrected chi connectivity index (χ0v) is 10.2. The Hall–Kier alpha value is -1.88. The van der Waals surface area contributed by atoms with E-state index in [1.165, 1.54) is 6.07 Å². The van der Waals surface area contributed by atoms with Gasteiger partial charge in [-0.25, -0.2) is 0 Å². The predicted molar refractivity (Wildman–Crippen MR) is 69.1 cm³/mol. The molecule has 0 aliphatic rings. The van der Waals surface area contributed by atoms with Crippen LogP contribution in [0.4, 0.5) is 0 Å². The van der Waals surface area contributed by atoms with Gasteiger partial charge < -0.3 is 15.2 Å². The fourth-order valence-electron chi connectivity index (χ4n) is 1.95. The third-order valence-electron chi connectivity index (χ3n) is 2.72. The van der Waals surface area contributed by atoms with E-state index >= 15 is 0 Å². The van der Waals surface area contributed by atoms with Crippen molar-refractivity contribution in [3.8, 4) is 22.9 Å². The molecule has 2 heterocycles. The summed E-state index contributed by atoms with van der Waals surface area (Å²) in [6.07, 6.45) is 1.80. The molecule has 0 aliphatic heterocycles. The number of aromatic nitrogens is 2. The highest BCUT2D eigenvalue weighted by molar-refractivity contribution is 9.10. The standard InChI is InChI=1S/C12H9BrN2O2/c13-6-1-2-10-7(3-6)9(5-14-10)8-4-11(16)15-12(8)17/h1-5,14-17H. The minimum absolute atomic E-state index is 0.0385. The molecular formula is C12H9BrN2O2. The molecule has 4 nitrogen and oxygen atoms in total. The van der Waals surface area contributed by atoms with E-state index in [0.717, 1.165) is 20.9 Å². The van der Waals surface area contributed by atoms with Crippen molar-refractivity contribution in [2.45, 2.75) is 0 Å². The first kappa shape index (κ1) is 10.3. The van der Waals surface area contributed by atoms with Crippen LogP contribution in [0.15, 0.2) is 34.9 Å². The minimum atomic E-state index is -0.0538. The Morgan fingerprint density at radius 3 is 2.59 bits per heavy atom. The van der Waals surface area contributed by atoms with Gasteiger partial charge in [-0.05, 0) is 18.2 Å². The van der Waals surface area contributed by atoms with Crippen molar-refractivity contribution in [2.75, 3.05) is 0 Å². The number of rotatable bonds is 1. The third kappa shape index (κ3) is 1.59. The van der Waals surface area contributed by atoms with Gasteiger partial charge in [0.15, 0.2) is 11.8 Å². The highest BCUT2D eigenvalue weighted by Crippen LogP contribution is 2.37.